The molecule has 0 aromatic carbocycles. The van der Waals surface area contributed by atoms with Gasteiger partial charge in [0.2, 0.25) is 12.4 Å². The molecule has 0 aliphatic rings. The van der Waals surface area contributed by atoms with Crippen LogP contribution >= 0.6 is 0 Å². The minimum atomic E-state index is -1.06. The van der Waals surface area contributed by atoms with Gasteiger partial charge in [0.05, 0.1) is 50.5 Å². The zero-order chi connectivity index (χ0) is 35.5. The third-order valence-electron chi connectivity index (χ3n) is 9.45. The molecular weight excluding hydrogens is 620 g/mol. The summed E-state index contributed by atoms with van der Waals surface area (Å²) in [4.78, 5) is 0. The summed E-state index contributed by atoms with van der Waals surface area (Å²) in [5.74, 6) is 1.31. The van der Waals surface area contributed by atoms with Gasteiger partial charge in [0.1, 0.15) is 26.3 Å². The van der Waals surface area contributed by atoms with E-state index in [0.29, 0.717) is 11.5 Å². The summed E-state index contributed by atoms with van der Waals surface area (Å²) >= 11 is 0. The molecule has 0 fully saturated rings. The van der Waals surface area contributed by atoms with Gasteiger partial charge in [0.15, 0.2) is 23.9 Å². The highest BCUT2D eigenvalue weighted by molar-refractivity contribution is 5.13. The maximum Gasteiger partial charge on any atom is 0.211 e. The summed E-state index contributed by atoms with van der Waals surface area (Å²) in [7, 11) is 0. The van der Waals surface area contributed by atoms with Gasteiger partial charge in [0, 0.05) is 25.0 Å². The van der Waals surface area contributed by atoms with Crippen LogP contribution in [0.15, 0.2) is 49.1 Å². The van der Waals surface area contributed by atoms with Crippen LogP contribution < -0.4 is 18.6 Å². The van der Waals surface area contributed by atoms with E-state index in [4.69, 9.17) is 14.2 Å². The third kappa shape index (κ3) is 18.0. The molecule has 280 valence electrons. The lowest BCUT2D eigenvalue weighted by atomic mass is 9.90. The number of hydrogen-bond acceptors (Lipinski definition) is 7. The van der Waals surface area contributed by atoms with E-state index >= 15 is 0 Å². The Labute approximate surface area is 297 Å². The van der Waals surface area contributed by atoms with Gasteiger partial charge in [-0.2, -0.15) is 0 Å². The van der Waals surface area contributed by atoms with Crippen LogP contribution in [0, 0.1) is 10.8 Å². The standard InChI is InChI=1S/C40H70N2O7/c1-3-5-7-9-11-13-15-17-23-41-25-19-21-37(27-41)48-35-39(29-43,30-44)33-47-34-40(31-45,32-46)36-49-38-22-20-26-42(28-38)24-18-16-14-12-10-8-6-4-2/h19-22,25-28,43-46H,3-18,23-24,29-36H2,1-2H3/q+2. The summed E-state index contributed by atoms with van der Waals surface area (Å²) in [5, 5.41) is 41.0. The normalized spacial score (nSPS) is 12.0. The van der Waals surface area contributed by atoms with Crippen LogP contribution in [0.3, 0.4) is 0 Å². The number of unbranched alkanes of at least 4 members (excludes halogenated alkanes) is 14. The number of ether oxygens (including phenoxy) is 3. The molecule has 0 aliphatic carbocycles. The van der Waals surface area contributed by atoms with E-state index in [1.54, 1.807) is 0 Å². The highest BCUT2D eigenvalue weighted by atomic mass is 16.5. The number of rotatable bonds is 32. The van der Waals surface area contributed by atoms with E-state index in [9.17, 15) is 20.4 Å². The molecule has 9 heteroatoms. The predicted molar refractivity (Wildman–Crippen MR) is 194 cm³/mol. The Bertz CT molecular complexity index is 995. The zero-order valence-electron chi connectivity index (χ0n) is 30.9. The van der Waals surface area contributed by atoms with E-state index in [2.05, 4.69) is 23.0 Å². The Hall–Kier alpha value is -2.30. The first kappa shape index (κ1) is 42.9. The SMILES string of the molecule is CCCCCCCCCC[n+]1cccc(OCC(CO)(CO)COCC(CO)(CO)COc2ccc[n+](CCCCCCCCCC)c2)c1. The van der Waals surface area contributed by atoms with Crippen molar-refractivity contribution in [3.63, 3.8) is 0 Å². The van der Waals surface area contributed by atoms with Gasteiger partial charge in [-0.25, -0.2) is 9.13 Å². The molecule has 0 amide bonds. The summed E-state index contributed by atoms with van der Waals surface area (Å²) in [6.07, 6.45) is 28.3. The van der Waals surface area contributed by atoms with E-state index in [1.165, 1.54) is 89.9 Å². The van der Waals surface area contributed by atoms with Crippen LogP contribution in [0.2, 0.25) is 0 Å². The molecule has 0 saturated heterocycles. The maximum absolute atomic E-state index is 10.2. The molecule has 4 N–H and O–H groups in total. The van der Waals surface area contributed by atoms with Gasteiger partial charge in [-0.05, 0) is 25.0 Å². The van der Waals surface area contributed by atoms with Gasteiger partial charge in [-0.15, -0.1) is 0 Å². The topological polar surface area (TPSA) is 116 Å². The van der Waals surface area contributed by atoms with Crippen molar-refractivity contribution in [2.45, 2.75) is 130 Å². The quantitative estimate of drug-likeness (QED) is 0.0553. The second kappa shape index (κ2) is 26.5. The van der Waals surface area contributed by atoms with Gasteiger partial charge in [-0.1, -0.05) is 90.9 Å². The first-order valence-corrected chi connectivity index (χ1v) is 19.2. The van der Waals surface area contributed by atoms with Crippen molar-refractivity contribution in [2.75, 3.05) is 52.9 Å². The number of aliphatic hydroxyl groups excluding tert-OH is 4. The lowest BCUT2D eigenvalue weighted by Crippen LogP contribution is -2.45. The van der Waals surface area contributed by atoms with Crippen LogP contribution in [0.4, 0.5) is 0 Å². The van der Waals surface area contributed by atoms with E-state index in [-0.39, 0.29) is 52.9 Å². The largest absolute Gasteiger partial charge is 0.487 e. The summed E-state index contributed by atoms with van der Waals surface area (Å²) in [6.45, 7) is 4.98. The number of aromatic nitrogens is 2. The van der Waals surface area contributed by atoms with E-state index in [0.717, 1.165) is 25.9 Å². The molecule has 49 heavy (non-hydrogen) atoms. The molecule has 2 aromatic rings. The molecule has 0 atom stereocenters. The van der Waals surface area contributed by atoms with Crippen molar-refractivity contribution in [1.82, 2.24) is 0 Å². The second-order valence-corrected chi connectivity index (χ2v) is 14.2. The average molecular weight is 691 g/mol. The second-order valence-electron chi connectivity index (χ2n) is 14.2. The molecule has 2 rings (SSSR count). The first-order chi connectivity index (χ1) is 24.0. The summed E-state index contributed by atoms with van der Waals surface area (Å²) < 4.78 is 22.3. The lowest BCUT2D eigenvalue weighted by Gasteiger charge is -2.33. The molecule has 0 spiro atoms. The van der Waals surface area contributed by atoms with Crippen molar-refractivity contribution in [2.24, 2.45) is 10.8 Å². The number of pyridine rings is 2. The fourth-order valence-corrected chi connectivity index (χ4v) is 5.81. The number of nitrogens with zero attached hydrogens (tertiary/aromatic N) is 2. The molecule has 2 heterocycles. The third-order valence-corrected chi connectivity index (χ3v) is 9.45. The van der Waals surface area contributed by atoms with Gasteiger partial charge in [-0.3, -0.25) is 0 Å². The van der Waals surface area contributed by atoms with Crippen LogP contribution in [-0.4, -0.2) is 73.3 Å². The Kier molecular flexibility index (Phi) is 23.2. The van der Waals surface area contributed by atoms with Gasteiger partial charge < -0.3 is 34.6 Å². The lowest BCUT2D eigenvalue weighted by molar-refractivity contribution is -0.697. The molecule has 0 saturated carbocycles. The number of hydrogen-bond donors (Lipinski definition) is 4. The predicted octanol–water partition coefficient (Wildman–Crippen LogP) is 5.96. The first-order valence-electron chi connectivity index (χ1n) is 19.2. The minimum Gasteiger partial charge on any atom is -0.487 e. The van der Waals surface area contributed by atoms with Crippen LogP contribution in [0.5, 0.6) is 11.5 Å². The van der Waals surface area contributed by atoms with Gasteiger partial charge >= 0.3 is 0 Å². The minimum absolute atomic E-state index is 0.0171. The smallest absolute Gasteiger partial charge is 0.211 e. The van der Waals surface area contributed by atoms with Crippen molar-refractivity contribution < 1.29 is 43.8 Å². The Morgan fingerprint density at radius 1 is 0.490 bits per heavy atom. The number of aryl methyl sites for hydroxylation is 2. The van der Waals surface area contributed by atoms with Crippen molar-refractivity contribution in [1.29, 1.82) is 0 Å². The Morgan fingerprint density at radius 3 is 1.18 bits per heavy atom. The molecule has 0 bridgehead atoms. The van der Waals surface area contributed by atoms with E-state index in [1.807, 2.05) is 49.1 Å². The monoisotopic (exact) mass is 691 g/mol. The molecule has 0 radical (unpaired) electrons. The molecule has 2 aromatic heterocycles. The maximum atomic E-state index is 10.2. The fourth-order valence-electron chi connectivity index (χ4n) is 5.81. The average Bonchev–Trinajstić information content (AvgIpc) is 3.14. The molecular formula is C40H70N2O7+2. The molecule has 0 unspecified atom stereocenters. The Balaban J connectivity index is 1.80. The zero-order valence-corrected chi connectivity index (χ0v) is 30.9. The summed E-state index contributed by atoms with van der Waals surface area (Å²) in [5.41, 5.74) is -2.12. The highest BCUT2D eigenvalue weighted by Gasteiger charge is 2.35. The van der Waals surface area contributed by atoms with Crippen LogP contribution in [0.1, 0.15) is 117 Å². The van der Waals surface area contributed by atoms with E-state index < -0.39 is 10.8 Å². The molecule has 0 aliphatic heterocycles. The van der Waals surface area contributed by atoms with Crippen LogP contribution in [0.25, 0.3) is 0 Å². The highest BCUT2D eigenvalue weighted by Crippen LogP contribution is 2.24. The molecule has 9 nitrogen and oxygen atoms in total. The van der Waals surface area contributed by atoms with Crippen LogP contribution in [-0.2, 0) is 17.8 Å². The summed E-state index contributed by atoms with van der Waals surface area (Å²) in [6, 6.07) is 7.62. The fraction of sp³-hybridized carbons (Fsp3) is 0.750. The Morgan fingerprint density at radius 2 is 0.837 bits per heavy atom. The number of aliphatic hydroxyl groups is 4. The van der Waals surface area contributed by atoms with Gasteiger partial charge in [0.25, 0.3) is 0 Å². The van der Waals surface area contributed by atoms with Crippen molar-refractivity contribution >= 4 is 0 Å². The van der Waals surface area contributed by atoms with Crippen molar-refractivity contribution in [3.05, 3.63) is 49.1 Å². The van der Waals surface area contributed by atoms with Crippen molar-refractivity contribution in [3.8, 4) is 11.5 Å².